The number of sulfonamides is 1. The molecule has 0 aliphatic carbocycles. The molecule has 1 unspecified atom stereocenters. The zero-order valence-corrected chi connectivity index (χ0v) is 23.9. The van der Waals surface area contributed by atoms with E-state index in [4.69, 9.17) is 11.6 Å². The zero-order chi connectivity index (χ0) is 28.0. The van der Waals surface area contributed by atoms with E-state index in [1.165, 1.54) is 29.2 Å². The molecule has 1 atom stereocenters. The number of anilines is 1. The van der Waals surface area contributed by atoms with Crippen molar-refractivity contribution in [2.24, 2.45) is 0 Å². The van der Waals surface area contributed by atoms with Crippen LogP contribution in [0.1, 0.15) is 37.5 Å². The number of carbonyl (C=O) groups is 2. The molecule has 0 saturated carbocycles. The number of hydrogen-bond donors (Lipinski definition) is 1. The number of amides is 2. The molecular formula is C29H34ClN3O4S. The number of halogens is 1. The smallest absolute Gasteiger partial charge is 0.264 e. The van der Waals surface area contributed by atoms with Crippen molar-refractivity contribution in [1.82, 2.24) is 10.2 Å². The Bertz CT molecular complexity index is 1390. The van der Waals surface area contributed by atoms with Gasteiger partial charge >= 0.3 is 0 Å². The third-order valence-corrected chi connectivity index (χ3v) is 8.12. The first-order valence-corrected chi connectivity index (χ1v) is 14.2. The van der Waals surface area contributed by atoms with Crippen molar-refractivity contribution in [2.75, 3.05) is 10.8 Å². The molecule has 0 saturated heterocycles. The monoisotopic (exact) mass is 555 g/mol. The lowest BCUT2D eigenvalue weighted by Crippen LogP contribution is -2.52. The highest BCUT2D eigenvalue weighted by atomic mass is 35.5. The maximum Gasteiger partial charge on any atom is 0.264 e. The molecule has 0 aliphatic heterocycles. The molecule has 3 rings (SSSR count). The van der Waals surface area contributed by atoms with Gasteiger partial charge in [-0.3, -0.25) is 13.9 Å². The van der Waals surface area contributed by atoms with E-state index >= 15 is 0 Å². The largest absolute Gasteiger partial charge is 0.352 e. The van der Waals surface area contributed by atoms with Crippen molar-refractivity contribution < 1.29 is 18.0 Å². The van der Waals surface area contributed by atoms with Crippen molar-refractivity contribution in [3.05, 3.63) is 94.5 Å². The Labute approximate surface area is 230 Å². The van der Waals surface area contributed by atoms with Crippen LogP contribution in [0, 0.1) is 13.8 Å². The first-order chi connectivity index (χ1) is 17.9. The average molecular weight is 556 g/mol. The first kappa shape index (κ1) is 29.2. The van der Waals surface area contributed by atoms with Crippen molar-refractivity contribution in [2.45, 2.75) is 58.1 Å². The lowest BCUT2D eigenvalue weighted by molar-refractivity contribution is -0.139. The Morgan fingerprint density at radius 3 is 2.18 bits per heavy atom. The van der Waals surface area contributed by atoms with E-state index in [-0.39, 0.29) is 23.4 Å². The van der Waals surface area contributed by atoms with E-state index in [9.17, 15) is 18.0 Å². The molecule has 0 aromatic heterocycles. The zero-order valence-electron chi connectivity index (χ0n) is 22.3. The second kappa shape index (κ2) is 12.5. The maximum absolute atomic E-state index is 13.9. The lowest BCUT2D eigenvalue weighted by atomic mass is 10.1. The van der Waals surface area contributed by atoms with Gasteiger partial charge in [-0.2, -0.15) is 0 Å². The van der Waals surface area contributed by atoms with E-state index in [2.05, 4.69) is 5.32 Å². The first-order valence-electron chi connectivity index (χ1n) is 12.4. The molecule has 0 heterocycles. The number of aryl methyl sites for hydroxylation is 2. The minimum absolute atomic E-state index is 0.00814. The lowest BCUT2D eigenvalue weighted by Gasteiger charge is -2.32. The van der Waals surface area contributed by atoms with Gasteiger partial charge in [0.05, 0.1) is 10.6 Å². The molecule has 0 radical (unpaired) electrons. The molecule has 1 N–H and O–H groups in total. The third-order valence-electron chi connectivity index (χ3n) is 6.10. The summed E-state index contributed by atoms with van der Waals surface area (Å²) in [6.45, 7) is 8.73. The van der Waals surface area contributed by atoms with E-state index in [0.29, 0.717) is 16.3 Å². The summed E-state index contributed by atoms with van der Waals surface area (Å²) in [5, 5.41) is 3.25. The Hall–Kier alpha value is -3.36. The van der Waals surface area contributed by atoms with Crippen molar-refractivity contribution in [3.63, 3.8) is 0 Å². The van der Waals surface area contributed by atoms with Crippen LogP contribution in [-0.2, 0) is 26.2 Å². The fraction of sp³-hybridized carbons (Fsp3) is 0.310. The van der Waals surface area contributed by atoms with Crippen LogP contribution in [0.2, 0.25) is 5.02 Å². The van der Waals surface area contributed by atoms with Crippen LogP contribution in [-0.4, -0.2) is 43.8 Å². The number of benzene rings is 3. The number of nitrogens with one attached hydrogen (secondary N) is 1. The molecule has 2 amide bonds. The number of hydrogen-bond acceptors (Lipinski definition) is 4. The molecule has 0 bridgehead atoms. The van der Waals surface area contributed by atoms with Gasteiger partial charge in [0.15, 0.2) is 0 Å². The highest BCUT2D eigenvalue weighted by molar-refractivity contribution is 7.92. The molecule has 7 nitrogen and oxygen atoms in total. The minimum Gasteiger partial charge on any atom is -0.352 e. The molecule has 0 aliphatic rings. The number of para-hydroxylation sites is 1. The molecule has 202 valence electrons. The molecule has 3 aromatic rings. The van der Waals surface area contributed by atoms with Gasteiger partial charge in [0.2, 0.25) is 11.8 Å². The van der Waals surface area contributed by atoms with Gasteiger partial charge in [0.25, 0.3) is 10.0 Å². The summed E-state index contributed by atoms with van der Waals surface area (Å²) in [6.07, 6.45) is 0. The van der Waals surface area contributed by atoms with Crippen LogP contribution in [0.3, 0.4) is 0 Å². The summed E-state index contributed by atoms with van der Waals surface area (Å²) in [4.78, 5) is 28.3. The van der Waals surface area contributed by atoms with Gasteiger partial charge in [-0.05, 0) is 76.1 Å². The highest BCUT2D eigenvalue weighted by Crippen LogP contribution is 2.28. The van der Waals surface area contributed by atoms with Crippen molar-refractivity contribution in [3.8, 4) is 0 Å². The van der Waals surface area contributed by atoms with Crippen LogP contribution >= 0.6 is 11.6 Å². The summed E-state index contributed by atoms with van der Waals surface area (Å²) in [6, 6.07) is 19.5. The van der Waals surface area contributed by atoms with Gasteiger partial charge in [-0.1, -0.05) is 59.6 Å². The predicted octanol–water partition coefficient (Wildman–Crippen LogP) is 5.09. The second-order valence-electron chi connectivity index (χ2n) is 9.60. The van der Waals surface area contributed by atoms with Crippen molar-refractivity contribution in [1.29, 1.82) is 0 Å². The molecule has 0 spiro atoms. The molecule has 0 fully saturated rings. The number of nitrogens with zero attached hydrogens (tertiary/aromatic N) is 2. The Morgan fingerprint density at radius 1 is 0.921 bits per heavy atom. The average Bonchev–Trinajstić information content (AvgIpc) is 2.85. The Morgan fingerprint density at radius 2 is 1.58 bits per heavy atom. The second-order valence-corrected chi connectivity index (χ2v) is 11.9. The standard InChI is InChI=1S/C29H34ClN3O4S/c1-20(2)31-29(35)23(5)32(18-24-11-8-9-21(3)17-24)28(34)19-33(27-12-7-6-10-22(27)4)38(36,37)26-15-13-25(30)14-16-26/h6-17,20,23H,18-19H2,1-5H3,(H,31,35). The van der Waals surface area contributed by atoms with Crippen LogP contribution < -0.4 is 9.62 Å². The van der Waals surface area contributed by atoms with E-state index in [1.54, 1.807) is 38.1 Å². The minimum atomic E-state index is -4.14. The van der Waals surface area contributed by atoms with Gasteiger partial charge in [-0.25, -0.2) is 8.42 Å². The summed E-state index contributed by atoms with van der Waals surface area (Å²) >= 11 is 5.99. The van der Waals surface area contributed by atoms with Gasteiger partial charge in [-0.15, -0.1) is 0 Å². The fourth-order valence-electron chi connectivity index (χ4n) is 4.09. The van der Waals surface area contributed by atoms with Gasteiger partial charge < -0.3 is 10.2 Å². The van der Waals surface area contributed by atoms with E-state index in [1.807, 2.05) is 45.0 Å². The quantitative estimate of drug-likeness (QED) is 0.377. The van der Waals surface area contributed by atoms with E-state index < -0.39 is 28.5 Å². The topological polar surface area (TPSA) is 86.8 Å². The number of rotatable bonds is 10. The maximum atomic E-state index is 13.9. The number of carbonyl (C=O) groups excluding carboxylic acids is 2. The highest BCUT2D eigenvalue weighted by Gasteiger charge is 2.33. The van der Waals surface area contributed by atoms with Crippen LogP contribution in [0.5, 0.6) is 0 Å². The molecule has 9 heteroatoms. The van der Waals surface area contributed by atoms with Gasteiger partial charge in [0.1, 0.15) is 12.6 Å². The normalized spacial score (nSPS) is 12.2. The van der Waals surface area contributed by atoms with Crippen molar-refractivity contribution >= 4 is 39.1 Å². The summed E-state index contributed by atoms with van der Waals surface area (Å²) < 4.78 is 28.8. The summed E-state index contributed by atoms with van der Waals surface area (Å²) in [5.74, 6) is -0.817. The molecule has 3 aromatic carbocycles. The summed E-state index contributed by atoms with van der Waals surface area (Å²) in [5.41, 5.74) is 2.92. The van der Waals surface area contributed by atoms with Crippen LogP contribution in [0.25, 0.3) is 0 Å². The van der Waals surface area contributed by atoms with Crippen LogP contribution in [0.15, 0.2) is 77.7 Å². The van der Waals surface area contributed by atoms with E-state index in [0.717, 1.165) is 15.4 Å². The summed E-state index contributed by atoms with van der Waals surface area (Å²) in [7, 11) is -4.14. The molecule has 38 heavy (non-hydrogen) atoms. The Balaban J connectivity index is 2.05. The van der Waals surface area contributed by atoms with Crippen LogP contribution in [0.4, 0.5) is 5.69 Å². The molecular weight excluding hydrogens is 522 g/mol. The predicted molar refractivity (Wildman–Crippen MR) is 152 cm³/mol. The Kier molecular flexibility index (Phi) is 9.57. The van der Waals surface area contributed by atoms with Gasteiger partial charge in [0, 0.05) is 17.6 Å². The third kappa shape index (κ3) is 7.14. The fourth-order valence-corrected chi connectivity index (χ4v) is 5.69. The SMILES string of the molecule is Cc1cccc(CN(C(=O)CN(c2ccccc2C)S(=O)(=O)c2ccc(Cl)cc2)C(C)C(=O)NC(C)C)c1.